The fourth-order valence-electron chi connectivity index (χ4n) is 1.46. The Hall–Kier alpha value is -2.08. The number of ether oxygens (including phenoxy) is 1. The molecule has 3 heteroatoms. The van der Waals surface area contributed by atoms with Crippen molar-refractivity contribution in [1.29, 1.82) is 0 Å². The first-order valence-electron chi connectivity index (χ1n) is 5.29. The largest absolute Gasteiger partial charge is 0.452 e. The van der Waals surface area contributed by atoms with Gasteiger partial charge in [0.05, 0.1) is 0 Å². The second-order valence-electron chi connectivity index (χ2n) is 3.66. The highest BCUT2D eigenvalue weighted by Crippen LogP contribution is 2.11. The van der Waals surface area contributed by atoms with Gasteiger partial charge in [0.1, 0.15) is 11.7 Å². The molecule has 0 bridgehead atoms. The maximum absolute atomic E-state index is 11.6. The number of hydrogen-bond donors (Lipinski definition) is 0. The summed E-state index contributed by atoms with van der Waals surface area (Å²) >= 11 is 0. The van der Waals surface area contributed by atoms with Gasteiger partial charge in [-0.05, 0) is 18.9 Å². The molecule has 0 spiro atoms. The van der Waals surface area contributed by atoms with E-state index in [1.807, 2.05) is 30.3 Å². The minimum absolute atomic E-state index is 0.0998. The van der Waals surface area contributed by atoms with Gasteiger partial charge in [0.15, 0.2) is 6.61 Å². The normalized spacial score (nSPS) is 11.3. The summed E-state index contributed by atoms with van der Waals surface area (Å²) in [6.45, 7) is 1.28. The molecule has 0 aliphatic carbocycles. The van der Waals surface area contributed by atoms with Gasteiger partial charge in [-0.2, -0.15) is 0 Å². The lowest BCUT2D eigenvalue weighted by molar-refractivity contribution is -0.150. The van der Waals surface area contributed by atoms with Gasteiger partial charge < -0.3 is 4.74 Å². The summed E-state index contributed by atoms with van der Waals surface area (Å²) in [5, 5.41) is 0. The Balaban J connectivity index is 2.71. The molecule has 0 heterocycles. The lowest BCUT2D eigenvalue weighted by Gasteiger charge is -2.12. The van der Waals surface area contributed by atoms with Crippen molar-refractivity contribution in [3.05, 3.63) is 35.9 Å². The summed E-state index contributed by atoms with van der Waals surface area (Å²) in [6, 6.07) is 9.33. The zero-order valence-corrected chi connectivity index (χ0v) is 9.68. The van der Waals surface area contributed by atoms with Crippen molar-refractivity contribution in [2.24, 2.45) is 5.92 Å². The average molecular weight is 230 g/mol. The summed E-state index contributed by atoms with van der Waals surface area (Å²) in [6.07, 6.45) is 5.34. The minimum atomic E-state index is -0.772. The van der Waals surface area contributed by atoms with Crippen LogP contribution in [0.2, 0.25) is 0 Å². The highest BCUT2D eigenvalue weighted by atomic mass is 16.5. The molecule has 1 unspecified atom stereocenters. The highest BCUT2D eigenvalue weighted by molar-refractivity contribution is 5.98. The van der Waals surface area contributed by atoms with E-state index in [9.17, 15) is 9.59 Å². The second-order valence-corrected chi connectivity index (χ2v) is 3.66. The van der Waals surface area contributed by atoms with E-state index in [1.54, 1.807) is 0 Å². The number of ketones is 1. The zero-order chi connectivity index (χ0) is 12.7. The van der Waals surface area contributed by atoms with Crippen LogP contribution < -0.4 is 0 Å². The third kappa shape index (κ3) is 4.12. The molecule has 0 aliphatic heterocycles. The first-order valence-corrected chi connectivity index (χ1v) is 5.29. The van der Waals surface area contributed by atoms with E-state index in [4.69, 9.17) is 11.2 Å². The van der Waals surface area contributed by atoms with E-state index in [-0.39, 0.29) is 12.4 Å². The quantitative estimate of drug-likeness (QED) is 0.438. The Labute approximate surface area is 101 Å². The van der Waals surface area contributed by atoms with Crippen molar-refractivity contribution in [2.45, 2.75) is 13.3 Å². The van der Waals surface area contributed by atoms with Crippen LogP contribution in [0.25, 0.3) is 0 Å². The van der Waals surface area contributed by atoms with Crippen LogP contribution in [0.1, 0.15) is 12.5 Å². The van der Waals surface area contributed by atoms with Gasteiger partial charge in [0.2, 0.25) is 0 Å². The maximum atomic E-state index is 11.6. The van der Waals surface area contributed by atoms with E-state index in [2.05, 4.69) is 5.92 Å². The first-order chi connectivity index (χ1) is 8.15. The van der Waals surface area contributed by atoms with Crippen molar-refractivity contribution in [2.75, 3.05) is 6.61 Å². The highest BCUT2D eigenvalue weighted by Gasteiger charge is 2.24. The average Bonchev–Trinajstić information content (AvgIpc) is 2.34. The Bertz CT molecular complexity index is 429. The number of Topliss-reactive ketones (excluding diaryl/α,β-unsaturated/α-hetero) is 1. The zero-order valence-electron chi connectivity index (χ0n) is 9.68. The molecule has 1 atom stereocenters. The molecule has 0 saturated carbocycles. The number of rotatable bonds is 5. The number of hydrogen-bond acceptors (Lipinski definition) is 3. The smallest absolute Gasteiger partial charge is 0.317 e. The molecule has 1 aromatic carbocycles. The molecule has 0 saturated heterocycles. The lowest BCUT2D eigenvalue weighted by atomic mass is 9.96. The molecule has 0 N–H and O–H groups in total. The van der Waals surface area contributed by atoms with Crippen LogP contribution in [-0.4, -0.2) is 18.4 Å². The van der Waals surface area contributed by atoms with Gasteiger partial charge in [-0.1, -0.05) is 36.3 Å². The third-order valence-electron chi connectivity index (χ3n) is 2.36. The van der Waals surface area contributed by atoms with E-state index in [0.29, 0.717) is 6.42 Å². The van der Waals surface area contributed by atoms with Gasteiger partial charge in [0, 0.05) is 0 Å². The maximum Gasteiger partial charge on any atom is 0.317 e. The lowest BCUT2D eigenvalue weighted by Crippen LogP contribution is -2.26. The first kappa shape index (κ1) is 13.0. The van der Waals surface area contributed by atoms with Crippen LogP contribution in [0.4, 0.5) is 0 Å². The Morgan fingerprint density at radius 2 is 2.00 bits per heavy atom. The number of carbonyl (C=O) groups excluding carboxylic acids is 2. The van der Waals surface area contributed by atoms with Crippen molar-refractivity contribution < 1.29 is 14.3 Å². The van der Waals surface area contributed by atoms with E-state index in [1.165, 1.54) is 6.92 Å². The summed E-state index contributed by atoms with van der Waals surface area (Å²) in [7, 11) is 0. The van der Waals surface area contributed by atoms with Crippen LogP contribution >= 0.6 is 0 Å². The summed E-state index contributed by atoms with van der Waals surface area (Å²) in [5.74, 6) is 0.661. The predicted molar refractivity (Wildman–Crippen MR) is 64.1 cm³/mol. The molecule has 88 valence electrons. The Morgan fingerprint density at radius 3 is 2.53 bits per heavy atom. The van der Waals surface area contributed by atoms with E-state index >= 15 is 0 Å². The van der Waals surface area contributed by atoms with Gasteiger partial charge >= 0.3 is 5.97 Å². The summed E-state index contributed by atoms with van der Waals surface area (Å²) < 4.78 is 4.79. The second kappa shape index (κ2) is 6.49. The number of esters is 1. The van der Waals surface area contributed by atoms with Crippen LogP contribution in [0.3, 0.4) is 0 Å². The van der Waals surface area contributed by atoms with Gasteiger partial charge in [-0.25, -0.2) is 0 Å². The van der Waals surface area contributed by atoms with Gasteiger partial charge in [-0.3, -0.25) is 9.59 Å². The fraction of sp³-hybridized carbons (Fsp3) is 0.286. The SMILES string of the molecule is C#CCOC(=O)C(Cc1ccccc1)C(C)=O. The molecular weight excluding hydrogens is 216 g/mol. The number of terminal acetylenes is 1. The molecule has 0 aliphatic rings. The van der Waals surface area contributed by atoms with E-state index < -0.39 is 11.9 Å². The molecule has 0 aromatic heterocycles. The third-order valence-corrected chi connectivity index (χ3v) is 2.36. The van der Waals surface area contributed by atoms with Crippen LogP contribution in [0.15, 0.2) is 30.3 Å². The van der Waals surface area contributed by atoms with Crippen LogP contribution in [0, 0.1) is 18.3 Å². The molecule has 0 fully saturated rings. The monoisotopic (exact) mass is 230 g/mol. The van der Waals surface area contributed by atoms with Crippen LogP contribution in [0.5, 0.6) is 0 Å². The predicted octanol–water partition coefficient (Wildman–Crippen LogP) is 1.61. The fourth-order valence-corrected chi connectivity index (χ4v) is 1.46. The molecule has 1 rings (SSSR count). The molecular formula is C14H14O3. The summed E-state index contributed by atoms with van der Waals surface area (Å²) in [5.41, 5.74) is 0.922. The molecule has 3 nitrogen and oxygen atoms in total. The van der Waals surface area contributed by atoms with Gasteiger partial charge in [-0.15, -0.1) is 6.42 Å². The standard InChI is InChI=1S/C14H14O3/c1-3-9-17-14(16)13(11(2)15)10-12-7-5-4-6-8-12/h1,4-8,13H,9-10H2,2H3. The van der Waals surface area contributed by atoms with Crippen LogP contribution in [-0.2, 0) is 20.7 Å². The topological polar surface area (TPSA) is 43.4 Å². The van der Waals surface area contributed by atoms with Crippen molar-refractivity contribution in [3.63, 3.8) is 0 Å². The Morgan fingerprint density at radius 1 is 1.35 bits per heavy atom. The number of carbonyl (C=O) groups is 2. The van der Waals surface area contributed by atoms with Gasteiger partial charge in [0.25, 0.3) is 0 Å². The Kier molecular flexibility index (Phi) is 4.96. The van der Waals surface area contributed by atoms with Crippen molar-refractivity contribution in [1.82, 2.24) is 0 Å². The molecule has 1 aromatic rings. The molecule has 0 amide bonds. The van der Waals surface area contributed by atoms with Crippen molar-refractivity contribution in [3.8, 4) is 12.3 Å². The minimum Gasteiger partial charge on any atom is -0.452 e. The van der Waals surface area contributed by atoms with E-state index in [0.717, 1.165) is 5.56 Å². The summed E-state index contributed by atoms with van der Waals surface area (Å²) in [4.78, 5) is 23.0. The van der Waals surface area contributed by atoms with Crippen molar-refractivity contribution >= 4 is 11.8 Å². The molecule has 0 radical (unpaired) electrons. The number of benzene rings is 1. The molecule has 17 heavy (non-hydrogen) atoms.